The van der Waals surface area contributed by atoms with E-state index in [1.165, 1.54) is 16.5 Å². The fraction of sp³-hybridized carbons (Fsp3) is 0.364. The van der Waals surface area contributed by atoms with Gasteiger partial charge in [-0.25, -0.2) is 4.39 Å². The monoisotopic (exact) mass is 415 g/mol. The van der Waals surface area contributed by atoms with Crippen LogP contribution in [0.25, 0.3) is 11.3 Å². The summed E-state index contributed by atoms with van der Waals surface area (Å²) in [5, 5.41) is 4.60. The molecule has 29 heavy (non-hydrogen) atoms. The van der Waals surface area contributed by atoms with Crippen LogP contribution in [-0.2, 0) is 22.7 Å². The average molecular weight is 416 g/mol. The van der Waals surface area contributed by atoms with Crippen molar-refractivity contribution in [3.05, 3.63) is 63.3 Å². The van der Waals surface area contributed by atoms with Crippen molar-refractivity contribution in [3.8, 4) is 11.3 Å². The Bertz CT molecular complexity index is 980. The molecule has 7 heteroatoms. The third kappa shape index (κ3) is 4.97. The number of aryl methyl sites for hydroxylation is 1. The van der Waals surface area contributed by atoms with Gasteiger partial charge in [-0.15, -0.1) is 0 Å². The van der Waals surface area contributed by atoms with Crippen LogP contribution in [0.3, 0.4) is 0 Å². The summed E-state index contributed by atoms with van der Waals surface area (Å²) >= 11 is 1.63. The van der Waals surface area contributed by atoms with E-state index in [9.17, 15) is 9.18 Å². The molecule has 0 bridgehead atoms. The van der Waals surface area contributed by atoms with Crippen LogP contribution in [0.1, 0.15) is 25.1 Å². The van der Waals surface area contributed by atoms with Crippen molar-refractivity contribution in [1.82, 2.24) is 14.7 Å². The molecule has 1 aliphatic rings. The second-order valence-corrected chi connectivity index (χ2v) is 8.73. The Morgan fingerprint density at radius 3 is 2.72 bits per heavy atom. The summed E-state index contributed by atoms with van der Waals surface area (Å²) in [6.45, 7) is 11.4. The lowest BCUT2D eigenvalue weighted by Crippen LogP contribution is -2.33. The lowest BCUT2D eigenvalue weighted by Gasteiger charge is -2.17. The summed E-state index contributed by atoms with van der Waals surface area (Å²) < 4.78 is 20.6. The first-order chi connectivity index (χ1) is 13.8. The SMILES string of the molecule is C=C(C)SC1=C(C)CN(C(=O)Cn2nc(-c3ccc(F)c(C)c3)cc2COC)C1. The highest BCUT2D eigenvalue weighted by molar-refractivity contribution is 8.06. The summed E-state index contributed by atoms with van der Waals surface area (Å²) in [5.74, 6) is -0.246. The Morgan fingerprint density at radius 2 is 2.07 bits per heavy atom. The molecule has 0 aliphatic carbocycles. The van der Waals surface area contributed by atoms with Gasteiger partial charge >= 0.3 is 0 Å². The van der Waals surface area contributed by atoms with Gasteiger partial charge in [0.1, 0.15) is 12.4 Å². The molecule has 0 atom stereocenters. The number of carbonyl (C=O) groups is 1. The van der Waals surface area contributed by atoms with Gasteiger partial charge in [0.15, 0.2) is 0 Å². The number of nitrogens with zero attached hydrogens (tertiary/aromatic N) is 3. The Balaban J connectivity index is 1.78. The molecule has 0 spiro atoms. The number of thioether (sulfide) groups is 1. The van der Waals surface area contributed by atoms with Crippen LogP contribution in [0.4, 0.5) is 4.39 Å². The summed E-state index contributed by atoms with van der Waals surface area (Å²) in [7, 11) is 1.61. The van der Waals surface area contributed by atoms with E-state index >= 15 is 0 Å². The predicted octanol–water partition coefficient (Wildman–Crippen LogP) is 4.53. The number of methoxy groups -OCH3 is 1. The van der Waals surface area contributed by atoms with Gasteiger partial charge in [-0.05, 0) is 61.1 Å². The van der Waals surface area contributed by atoms with Crippen LogP contribution < -0.4 is 0 Å². The van der Waals surface area contributed by atoms with Crippen molar-refractivity contribution in [1.29, 1.82) is 0 Å². The number of allylic oxidation sites excluding steroid dienone is 1. The highest BCUT2D eigenvalue weighted by Crippen LogP contribution is 2.32. The van der Waals surface area contributed by atoms with Crippen LogP contribution >= 0.6 is 11.8 Å². The van der Waals surface area contributed by atoms with Crippen LogP contribution in [0.5, 0.6) is 0 Å². The number of carbonyl (C=O) groups excluding carboxylic acids is 1. The number of amides is 1. The van der Waals surface area contributed by atoms with E-state index in [1.54, 1.807) is 42.6 Å². The lowest BCUT2D eigenvalue weighted by molar-refractivity contribution is -0.130. The zero-order chi connectivity index (χ0) is 21.1. The minimum atomic E-state index is -0.249. The van der Waals surface area contributed by atoms with E-state index < -0.39 is 0 Å². The molecule has 5 nitrogen and oxygen atoms in total. The molecule has 154 valence electrons. The van der Waals surface area contributed by atoms with Crippen LogP contribution in [0.2, 0.25) is 0 Å². The first kappa shape index (κ1) is 21.3. The number of ether oxygens (including phenoxy) is 1. The minimum Gasteiger partial charge on any atom is -0.378 e. The maximum Gasteiger partial charge on any atom is 0.244 e. The fourth-order valence-corrected chi connectivity index (χ4v) is 4.15. The molecule has 1 aliphatic heterocycles. The van der Waals surface area contributed by atoms with Crippen molar-refractivity contribution in [2.24, 2.45) is 0 Å². The van der Waals surface area contributed by atoms with Crippen LogP contribution in [0, 0.1) is 12.7 Å². The second-order valence-electron chi connectivity index (χ2n) is 7.33. The Hall–Kier alpha value is -2.38. The number of hydrogen-bond acceptors (Lipinski definition) is 4. The summed E-state index contributed by atoms with van der Waals surface area (Å²) in [6.07, 6.45) is 0. The summed E-state index contributed by atoms with van der Waals surface area (Å²) in [6, 6.07) is 6.78. The van der Waals surface area contributed by atoms with Gasteiger partial charge in [0.05, 0.1) is 24.5 Å². The fourth-order valence-electron chi connectivity index (χ4n) is 3.27. The molecule has 0 fully saturated rings. The first-order valence-corrected chi connectivity index (χ1v) is 10.2. The zero-order valence-electron chi connectivity index (χ0n) is 17.3. The molecule has 3 rings (SSSR count). The standard InChI is InChI=1S/C22H26FN3O2S/c1-14(2)29-21-11-25(10-16(21)4)22(27)12-26-18(13-28-5)9-20(24-26)17-6-7-19(23)15(3)8-17/h6-9H,1,10-13H2,2-5H3. The highest BCUT2D eigenvalue weighted by atomic mass is 32.2. The largest absolute Gasteiger partial charge is 0.378 e. The molecule has 1 aromatic heterocycles. The molecule has 1 aromatic carbocycles. The molecule has 2 aromatic rings. The van der Waals surface area contributed by atoms with Gasteiger partial charge < -0.3 is 9.64 Å². The average Bonchev–Trinajstić information content (AvgIpc) is 3.21. The van der Waals surface area contributed by atoms with Crippen LogP contribution in [0.15, 0.2) is 46.2 Å². The number of halogens is 1. The third-order valence-electron chi connectivity index (χ3n) is 4.78. The lowest BCUT2D eigenvalue weighted by atomic mass is 10.1. The minimum absolute atomic E-state index is 0.00366. The van der Waals surface area contributed by atoms with Gasteiger partial charge in [-0.2, -0.15) is 5.10 Å². The van der Waals surface area contributed by atoms with E-state index in [0.29, 0.717) is 31.0 Å². The van der Waals surface area contributed by atoms with Crippen molar-refractivity contribution >= 4 is 17.7 Å². The van der Waals surface area contributed by atoms with Gasteiger partial charge in [0.2, 0.25) is 5.91 Å². The van der Waals surface area contributed by atoms with Gasteiger partial charge in [-0.1, -0.05) is 18.3 Å². The Labute approximate surface area is 175 Å². The van der Waals surface area contributed by atoms with Crippen molar-refractivity contribution in [3.63, 3.8) is 0 Å². The van der Waals surface area contributed by atoms with E-state index in [4.69, 9.17) is 4.74 Å². The van der Waals surface area contributed by atoms with E-state index in [2.05, 4.69) is 18.6 Å². The van der Waals surface area contributed by atoms with Gasteiger partial charge in [-0.3, -0.25) is 9.48 Å². The molecule has 2 heterocycles. The van der Waals surface area contributed by atoms with Crippen LogP contribution in [-0.4, -0.2) is 40.8 Å². The molecular formula is C22H26FN3O2S. The van der Waals surface area contributed by atoms with Crippen molar-refractivity contribution < 1.29 is 13.9 Å². The molecule has 0 N–H and O–H groups in total. The molecule has 0 saturated heterocycles. The molecule has 1 amide bonds. The maximum absolute atomic E-state index is 13.6. The van der Waals surface area contributed by atoms with Crippen molar-refractivity contribution in [2.45, 2.75) is 33.9 Å². The molecule has 0 radical (unpaired) electrons. The van der Waals surface area contributed by atoms with E-state index in [-0.39, 0.29) is 18.3 Å². The van der Waals surface area contributed by atoms with E-state index in [1.807, 2.05) is 17.9 Å². The topological polar surface area (TPSA) is 47.4 Å². The van der Waals surface area contributed by atoms with Gasteiger partial charge in [0.25, 0.3) is 0 Å². The van der Waals surface area contributed by atoms with E-state index in [0.717, 1.165) is 16.2 Å². The molecule has 0 saturated carbocycles. The quantitative estimate of drug-likeness (QED) is 0.667. The number of hydrogen-bond donors (Lipinski definition) is 0. The molecular weight excluding hydrogens is 389 g/mol. The summed E-state index contributed by atoms with van der Waals surface area (Å²) in [4.78, 5) is 16.9. The first-order valence-electron chi connectivity index (χ1n) is 9.40. The number of rotatable bonds is 7. The highest BCUT2D eigenvalue weighted by Gasteiger charge is 2.25. The number of aromatic nitrogens is 2. The maximum atomic E-state index is 13.6. The predicted molar refractivity (Wildman–Crippen MR) is 115 cm³/mol. The zero-order valence-corrected chi connectivity index (χ0v) is 18.1. The van der Waals surface area contributed by atoms with Gasteiger partial charge in [0, 0.05) is 24.1 Å². The Kier molecular flexibility index (Phi) is 6.59. The molecule has 0 unspecified atom stereocenters. The van der Waals surface area contributed by atoms with Crippen molar-refractivity contribution in [2.75, 3.05) is 20.2 Å². The third-order valence-corrected chi connectivity index (χ3v) is 5.86. The normalized spacial score (nSPS) is 14.0. The Morgan fingerprint density at radius 1 is 1.31 bits per heavy atom. The number of benzene rings is 1. The summed E-state index contributed by atoms with van der Waals surface area (Å²) in [5.41, 5.74) is 4.07. The second kappa shape index (κ2) is 8.97. The smallest absolute Gasteiger partial charge is 0.244 e.